The zero-order chi connectivity index (χ0) is 23.3. The highest BCUT2D eigenvalue weighted by molar-refractivity contribution is 5.93. The monoisotopic (exact) mass is 444 g/mol. The summed E-state index contributed by atoms with van der Waals surface area (Å²) in [6.07, 6.45) is 2.80. The van der Waals surface area contributed by atoms with Crippen LogP contribution in [-0.4, -0.2) is 28.1 Å². The molecule has 2 aromatic carbocycles. The fraction of sp³-hybridized carbons (Fsp3) is 0.269. The van der Waals surface area contributed by atoms with Crippen LogP contribution in [-0.2, 0) is 4.79 Å². The minimum atomic E-state index is -0.812. The third-order valence-corrected chi connectivity index (χ3v) is 6.13. The summed E-state index contributed by atoms with van der Waals surface area (Å²) in [6.45, 7) is 6.82. The lowest BCUT2D eigenvalue weighted by atomic mass is 9.88. The van der Waals surface area contributed by atoms with Crippen LogP contribution in [0.15, 0.2) is 62.2 Å². The molecular formula is C26H24N2O5. The molecule has 5 rings (SSSR count). The van der Waals surface area contributed by atoms with E-state index in [9.17, 15) is 9.59 Å². The number of para-hydroxylation sites is 2. The topological polar surface area (TPSA) is 96.8 Å². The van der Waals surface area contributed by atoms with Crippen LogP contribution in [0.25, 0.3) is 39.1 Å². The molecule has 7 nitrogen and oxygen atoms in total. The van der Waals surface area contributed by atoms with Gasteiger partial charge >= 0.3 is 11.6 Å². The van der Waals surface area contributed by atoms with Gasteiger partial charge in [-0.25, -0.2) is 9.78 Å². The maximum Gasteiger partial charge on any atom is 0.349 e. The van der Waals surface area contributed by atoms with Gasteiger partial charge in [0.25, 0.3) is 0 Å². The molecule has 0 saturated heterocycles. The Hall–Kier alpha value is -3.87. The molecule has 4 aromatic rings. The molecule has 168 valence electrons. The summed E-state index contributed by atoms with van der Waals surface area (Å²) in [6, 6.07) is 13.0. The molecule has 7 heteroatoms. The molecule has 2 aromatic heterocycles. The smallest absolute Gasteiger partial charge is 0.349 e. The molecule has 0 atom stereocenters. The Morgan fingerprint density at radius 2 is 1.85 bits per heavy atom. The average Bonchev–Trinajstić information content (AvgIpc) is 3.18. The molecule has 1 N–H and O–H groups in total. The van der Waals surface area contributed by atoms with Gasteiger partial charge in [-0.2, -0.15) is 0 Å². The predicted octanol–water partition coefficient (Wildman–Crippen LogP) is 5.47. The Kier molecular flexibility index (Phi) is 4.85. The third kappa shape index (κ3) is 3.69. The van der Waals surface area contributed by atoms with Crippen molar-refractivity contribution in [3.05, 3.63) is 64.5 Å². The number of carbonyl (C=O) groups is 1. The fourth-order valence-corrected chi connectivity index (χ4v) is 4.62. The van der Waals surface area contributed by atoms with Crippen molar-refractivity contribution in [2.24, 2.45) is 0 Å². The van der Waals surface area contributed by atoms with Gasteiger partial charge in [-0.1, -0.05) is 18.2 Å². The number of benzene rings is 2. The third-order valence-electron chi connectivity index (χ3n) is 6.13. The molecule has 0 bridgehead atoms. The van der Waals surface area contributed by atoms with E-state index in [0.717, 1.165) is 22.2 Å². The van der Waals surface area contributed by atoms with Crippen LogP contribution in [0.4, 0.5) is 5.69 Å². The molecule has 1 aliphatic heterocycles. The lowest BCUT2D eigenvalue weighted by molar-refractivity contribution is -0.137. The SMILES string of the molecule is CC1=CC(C)(C)N(CCCC(=O)O)c2cc3oc(=O)c(-c4nc5ccccc5o4)cc3cc21. The van der Waals surface area contributed by atoms with Gasteiger partial charge in [0.1, 0.15) is 16.7 Å². The molecule has 0 unspecified atom stereocenters. The number of oxazole rings is 1. The number of aliphatic carboxylic acids is 1. The van der Waals surface area contributed by atoms with Gasteiger partial charge in [-0.3, -0.25) is 4.79 Å². The Morgan fingerprint density at radius 3 is 2.61 bits per heavy atom. The fourth-order valence-electron chi connectivity index (χ4n) is 4.62. The number of nitrogens with zero attached hydrogens (tertiary/aromatic N) is 2. The first-order valence-corrected chi connectivity index (χ1v) is 10.9. The van der Waals surface area contributed by atoms with Crippen LogP contribution in [0.3, 0.4) is 0 Å². The molecular weight excluding hydrogens is 420 g/mol. The van der Waals surface area contributed by atoms with E-state index in [2.05, 4.69) is 36.7 Å². The van der Waals surface area contributed by atoms with Crippen molar-refractivity contribution in [1.29, 1.82) is 0 Å². The van der Waals surface area contributed by atoms with E-state index in [1.54, 1.807) is 12.1 Å². The van der Waals surface area contributed by atoms with E-state index in [-0.39, 0.29) is 23.4 Å². The number of rotatable bonds is 5. The van der Waals surface area contributed by atoms with Crippen molar-refractivity contribution >= 4 is 39.3 Å². The van der Waals surface area contributed by atoms with Gasteiger partial charge in [-0.05, 0) is 57.0 Å². The molecule has 1 aliphatic rings. The number of allylic oxidation sites excluding steroid dienone is 1. The Bertz CT molecular complexity index is 1460. The molecule has 3 heterocycles. The molecule has 0 fully saturated rings. The number of carboxylic acids is 1. The van der Waals surface area contributed by atoms with Crippen molar-refractivity contribution in [3.63, 3.8) is 0 Å². The van der Waals surface area contributed by atoms with E-state index >= 15 is 0 Å². The van der Waals surface area contributed by atoms with E-state index in [1.807, 2.05) is 30.3 Å². The van der Waals surface area contributed by atoms with Gasteiger partial charge in [0.15, 0.2) is 5.58 Å². The largest absolute Gasteiger partial charge is 0.481 e. The Morgan fingerprint density at radius 1 is 1.09 bits per heavy atom. The number of anilines is 1. The summed E-state index contributed by atoms with van der Waals surface area (Å²) in [5.74, 6) is -0.582. The van der Waals surface area contributed by atoms with Crippen molar-refractivity contribution < 1.29 is 18.7 Å². The molecule has 0 amide bonds. The van der Waals surface area contributed by atoms with E-state index < -0.39 is 11.6 Å². The quantitative estimate of drug-likeness (QED) is 0.408. The highest BCUT2D eigenvalue weighted by Crippen LogP contribution is 2.41. The van der Waals surface area contributed by atoms with Crippen LogP contribution >= 0.6 is 0 Å². The van der Waals surface area contributed by atoms with E-state index in [1.165, 1.54) is 0 Å². The molecule has 0 radical (unpaired) electrons. The first kappa shape index (κ1) is 21.0. The maximum absolute atomic E-state index is 12.8. The second kappa shape index (κ2) is 7.62. The Labute approximate surface area is 190 Å². The number of aromatic nitrogens is 1. The zero-order valence-electron chi connectivity index (χ0n) is 18.7. The lowest BCUT2D eigenvalue weighted by Gasteiger charge is -2.43. The van der Waals surface area contributed by atoms with Crippen LogP contribution < -0.4 is 10.5 Å². The number of hydrogen-bond donors (Lipinski definition) is 1. The van der Waals surface area contributed by atoms with Crippen molar-refractivity contribution in [1.82, 2.24) is 4.98 Å². The standard InChI is InChI=1S/C26H24N2O5/c1-15-14-26(2,3)28(10-6-9-23(29)30)20-13-22-16(11-17(15)20)12-18(25(31)33-22)24-27-19-7-4-5-8-21(19)32-24/h4-5,7-8,11-14H,6,9-10H2,1-3H3,(H,29,30). The van der Waals surface area contributed by atoms with Crippen LogP contribution in [0, 0.1) is 0 Å². The summed E-state index contributed by atoms with van der Waals surface area (Å²) in [4.78, 5) is 30.5. The normalized spacial score (nSPS) is 15.0. The van der Waals surface area contributed by atoms with Crippen LogP contribution in [0.2, 0.25) is 0 Å². The van der Waals surface area contributed by atoms with Crippen LogP contribution in [0.5, 0.6) is 0 Å². The summed E-state index contributed by atoms with van der Waals surface area (Å²) < 4.78 is 11.5. The summed E-state index contributed by atoms with van der Waals surface area (Å²) in [7, 11) is 0. The summed E-state index contributed by atoms with van der Waals surface area (Å²) >= 11 is 0. The highest BCUT2D eigenvalue weighted by atomic mass is 16.4. The molecule has 0 saturated carbocycles. The van der Waals surface area contributed by atoms with Crippen molar-refractivity contribution in [2.45, 2.75) is 39.2 Å². The first-order chi connectivity index (χ1) is 15.7. The van der Waals surface area contributed by atoms with Gasteiger partial charge in [0, 0.05) is 35.7 Å². The van der Waals surface area contributed by atoms with Crippen molar-refractivity contribution in [3.8, 4) is 11.5 Å². The molecule has 0 spiro atoms. The number of carboxylic acid groups (broad SMARTS) is 1. The van der Waals surface area contributed by atoms with Gasteiger partial charge < -0.3 is 18.8 Å². The molecule has 33 heavy (non-hydrogen) atoms. The summed E-state index contributed by atoms with van der Waals surface area (Å²) in [5, 5.41) is 9.82. The van der Waals surface area contributed by atoms with Gasteiger partial charge in [0.05, 0.1) is 5.54 Å². The minimum absolute atomic E-state index is 0.0983. The Balaban J connectivity index is 1.62. The van der Waals surface area contributed by atoms with Crippen molar-refractivity contribution in [2.75, 3.05) is 11.4 Å². The van der Waals surface area contributed by atoms with E-state index in [4.69, 9.17) is 13.9 Å². The van der Waals surface area contributed by atoms with E-state index in [0.29, 0.717) is 29.6 Å². The highest BCUT2D eigenvalue weighted by Gasteiger charge is 2.32. The second-order valence-corrected chi connectivity index (χ2v) is 8.97. The van der Waals surface area contributed by atoms with Gasteiger partial charge in [-0.15, -0.1) is 0 Å². The van der Waals surface area contributed by atoms with Crippen LogP contribution in [0.1, 0.15) is 39.2 Å². The lowest BCUT2D eigenvalue weighted by Crippen LogP contribution is -2.45. The second-order valence-electron chi connectivity index (χ2n) is 8.97. The number of hydrogen-bond acceptors (Lipinski definition) is 6. The maximum atomic E-state index is 12.8. The zero-order valence-corrected chi connectivity index (χ0v) is 18.7. The minimum Gasteiger partial charge on any atom is -0.481 e. The summed E-state index contributed by atoms with van der Waals surface area (Å²) in [5.41, 5.74) is 4.26. The molecule has 0 aliphatic carbocycles. The van der Waals surface area contributed by atoms with Gasteiger partial charge in [0.2, 0.25) is 5.89 Å². The first-order valence-electron chi connectivity index (χ1n) is 10.9. The predicted molar refractivity (Wildman–Crippen MR) is 127 cm³/mol. The average molecular weight is 444 g/mol. The number of fused-ring (bicyclic) bond motifs is 3.